The second-order valence-corrected chi connectivity index (χ2v) is 9.36. The van der Waals surface area contributed by atoms with Crippen LogP contribution in [0.15, 0.2) is 6.33 Å². The predicted molar refractivity (Wildman–Crippen MR) is 108 cm³/mol. The molecular formula is C21H31N3OS. The number of hydrogen-bond donors (Lipinski definition) is 0. The van der Waals surface area contributed by atoms with Crippen molar-refractivity contribution >= 4 is 21.6 Å². The third kappa shape index (κ3) is 3.61. The van der Waals surface area contributed by atoms with Gasteiger partial charge >= 0.3 is 0 Å². The summed E-state index contributed by atoms with van der Waals surface area (Å²) in [7, 11) is 4.37. The Morgan fingerprint density at radius 2 is 1.96 bits per heavy atom. The molecule has 0 spiro atoms. The molecule has 0 bridgehead atoms. The van der Waals surface area contributed by atoms with Gasteiger partial charge in [-0.15, -0.1) is 11.3 Å². The first-order valence-electron chi connectivity index (χ1n) is 10.2. The summed E-state index contributed by atoms with van der Waals surface area (Å²) in [6.07, 6.45) is 13.0. The fourth-order valence-corrected chi connectivity index (χ4v) is 5.91. The monoisotopic (exact) mass is 373 g/mol. The minimum Gasteiger partial charge on any atom is -0.474 e. The molecule has 2 aliphatic rings. The van der Waals surface area contributed by atoms with Crippen molar-refractivity contribution < 1.29 is 4.74 Å². The highest BCUT2D eigenvalue weighted by Gasteiger charge is 2.28. The molecule has 142 valence electrons. The zero-order valence-electron chi connectivity index (χ0n) is 16.3. The fraction of sp³-hybridized carbons (Fsp3) is 0.714. The Morgan fingerprint density at radius 1 is 1.15 bits per heavy atom. The SMILES string of the molecule is CCC[C@H]1CCc2sc3ncnc(O[C@H]4CC[C@H](N(C)C)CC4)c3c2C1. The average molecular weight is 374 g/mol. The van der Waals surface area contributed by atoms with Crippen molar-refractivity contribution in [3.8, 4) is 5.88 Å². The van der Waals surface area contributed by atoms with Crippen LogP contribution in [-0.2, 0) is 12.8 Å². The number of nitrogens with zero attached hydrogens (tertiary/aromatic N) is 3. The lowest BCUT2D eigenvalue weighted by Crippen LogP contribution is -2.35. The summed E-state index contributed by atoms with van der Waals surface area (Å²) in [4.78, 5) is 14.1. The molecule has 2 heterocycles. The number of aromatic nitrogens is 2. The topological polar surface area (TPSA) is 38.3 Å². The highest BCUT2D eigenvalue weighted by Crippen LogP contribution is 2.42. The van der Waals surface area contributed by atoms with E-state index in [0.29, 0.717) is 12.1 Å². The molecule has 1 saturated carbocycles. The van der Waals surface area contributed by atoms with Crippen molar-refractivity contribution in [2.75, 3.05) is 14.1 Å². The minimum absolute atomic E-state index is 0.301. The normalized spacial score (nSPS) is 26.2. The minimum atomic E-state index is 0.301. The maximum absolute atomic E-state index is 6.45. The van der Waals surface area contributed by atoms with Crippen molar-refractivity contribution in [3.05, 3.63) is 16.8 Å². The quantitative estimate of drug-likeness (QED) is 0.751. The van der Waals surface area contributed by atoms with Gasteiger partial charge < -0.3 is 9.64 Å². The van der Waals surface area contributed by atoms with Crippen molar-refractivity contribution in [1.82, 2.24) is 14.9 Å². The van der Waals surface area contributed by atoms with E-state index in [4.69, 9.17) is 4.74 Å². The van der Waals surface area contributed by atoms with Crippen LogP contribution < -0.4 is 4.74 Å². The van der Waals surface area contributed by atoms with Gasteiger partial charge in [-0.25, -0.2) is 9.97 Å². The van der Waals surface area contributed by atoms with E-state index >= 15 is 0 Å². The molecule has 1 fully saturated rings. The molecule has 5 heteroatoms. The Balaban J connectivity index is 1.56. The summed E-state index contributed by atoms with van der Waals surface area (Å²) >= 11 is 1.86. The fourth-order valence-electron chi connectivity index (χ4n) is 4.73. The number of fused-ring (bicyclic) bond motifs is 3. The van der Waals surface area contributed by atoms with Crippen LogP contribution in [0, 0.1) is 5.92 Å². The largest absolute Gasteiger partial charge is 0.474 e. The predicted octanol–water partition coefficient (Wildman–Crippen LogP) is 4.85. The Labute approximate surface area is 161 Å². The second kappa shape index (κ2) is 7.81. The van der Waals surface area contributed by atoms with Crippen molar-refractivity contribution in [2.45, 2.75) is 76.9 Å². The smallest absolute Gasteiger partial charge is 0.225 e. The molecule has 0 radical (unpaired) electrons. The molecule has 0 aromatic carbocycles. The first-order valence-corrected chi connectivity index (χ1v) is 11.1. The Morgan fingerprint density at radius 3 is 2.69 bits per heavy atom. The van der Waals surface area contributed by atoms with E-state index < -0.39 is 0 Å². The Hall–Kier alpha value is -1.20. The van der Waals surface area contributed by atoms with Gasteiger partial charge in [-0.3, -0.25) is 0 Å². The lowest BCUT2D eigenvalue weighted by atomic mass is 9.84. The van der Waals surface area contributed by atoms with Crippen molar-refractivity contribution in [1.29, 1.82) is 0 Å². The third-order valence-electron chi connectivity index (χ3n) is 6.26. The van der Waals surface area contributed by atoms with E-state index in [1.165, 1.54) is 60.8 Å². The second-order valence-electron chi connectivity index (χ2n) is 8.27. The van der Waals surface area contributed by atoms with Crippen molar-refractivity contribution in [3.63, 3.8) is 0 Å². The van der Waals surface area contributed by atoms with Gasteiger partial charge in [-0.1, -0.05) is 19.8 Å². The summed E-state index contributed by atoms with van der Waals surface area (Å²) in [5.41, 5.74) is 1.49. The molecule has 26 heavy (non-hydrogen) atoms. The summed E-state index contributed by atoms with van der Waals surface area (Å²) in [5, 5.41) is 1.23. The summed E-state index contributed by atoms with van der Waals surface area (Å²) in [6, 6.07) is 0.698. The van der Waals surface area contributed by atoms with E-state index in [1.807, 2.05) is 11.3 Å². The van der Waals surface area contributed by atoms with Crippen LogP contribution in [0.3, 0.4) is 0 Å². The number of rotatable bonds is 5. The maximum atomic E-state index is 6.45. The van der Waals surface area contributed by atoms with Crippen LogP contribution in [0.5, 0.6) is 5.88 Å². The Bertz CT molecular complexity index is 749. The van der Waals surface area contributed by atoms with E-state index in [1.54, 1.807) is 6.33 Å². The summed E-state index contributed by atoms with van der Waals surface area (Å²) in [5.74, 6) is 1.66. The molecule has 4 nitrogen and oxygen atoms in total. The lowest BCUT2D eigenvalue weighted by molar-refractivity contribution is 0.108. The van der Waals surface area contributed by atoms with Crippen LogP contribution in [0.2, 0.25) is 0 Å². The average Bonchev–Trinajstić information content (AvgIpc) is 3.01. The van der Waals surface area contributed by atoms with Gasteiger partial charge in [-0.2, -0.15) is 0 Å². The van der Waals surface area contributed by atoms with Crippen LogP contribution in [-0.4, -0.2) is 41.1 Å². The molecule has 2 aromatic rings. The number of thiophene rings is 1. The zero-order valence-corrected chi connectivity index (χ0v) is 17.1. The first kappa shape index (κ1) is 18.2. The van der Waals surface area contributed by atoms with E-state index in [9.17, 15) is 0 Å². The van der Waals surface area contributed by atoms with Gasteiger partial charge in [0.1, 0.15) is 17.3 Å². The van der Waals surface area contributed by atoms with Crippen LogP contribution in [0.4, 0.5) is 0 Å². The van der Waals surface area contributed by atoms with E-state index in [-0.39, 0.29) is 0 Å². The van der Waals surface area contributed by atoms with Crippen LogP contribution >= 0.6 is 11.3 Å². The maximum Gasteiger partial charge on any atom is 0.225 e. The van der Waals surface area contributed by atoms with Crippen LogP contribution in [0.25, 0.3) is 10.2 Å². The Kier molecular flexibility index (Phi) is 5.46. The number of aryl methyl sites for hydroxylation is 1. The molecular weight excluding hydrogens is 342 g/mol. The molecule has 2 aliphatic carbocycles. The van der Waals surface area contributed by atoms with Gasteiger partial charge in [0.25, 0.3) is 0 Å². The summed E-state index contributed by atoms with van der Waals surface area (Å²) in [6.45, 7) is 2.29. The van der Waals surface area contributed by atoms with Crippen LogP contribution in [0.1, 0.15) is 62.3 Å². The van der Waals surface area contributed by atoms with Crippen molar-refractivity contribution in [2.24, 2.45) is 5.92 Å². The van der Waals surface area contributed by atoms with Gasteiger partial charge in [0.2, 0.25) is 5.88 Å². The third-order valence-corrected chi connectivity index (χ3v) is 7.46. The van der Waals surface area contributed by atoms with Gasteiger partial charge in [0.05, 0.1) is 5.39 Å². The van der Waals surface area contributed by atoms with Gasteiger partial charge in [0.15, 0.2) is 0 Å². The standard InChI is InChI=1S/C21H31N3OS/c1-4-5-14-6-11-18-17(12-14)19-20(22-13-23-21(19)26-18)25-16-9-7-15(8-10-16)24(2)3/h13-16H,4-12H2,1-3H3/t14-,15-,16-/m0/s1. The lowest BCUT2D eigenvalue weighted by Gasteiger charge is -2.32. The molecule has 0 unspecified atom stereocenters. The highest BCUT2D eigenvalue weighted by molar-refractivity contribution is 7.18. The molecule has 0 aliphatic heterocycles. The molecule has 4 rings (SSSR count). The molecule has 2 aromatic heterocycles. The number of hydrogen-bond acceptors (Lipinski definition) is 5. The molecule has 0 saturated heterocycles. The highest BCUT2D eigenvalue weighted by atomic mass is 32.1. The van der Waals surface area contributed by atoms with Gasteiger partial charge in [-0.05, 0) is 70.5 Å². The van der Waals surface area contributed by atoms with E-state index in [0.717, 1.165) is 29.5 Å². The zero-order chi connectivity index (χ0) is 18.1. The summed E-state index contributed by atoms with van der Waals surface area (Å²) < 4.78 is 6.45. The number of ether oxygens (including phenoxy) is 1. The van der Waals surface area contributed by atoms with E-state index in [2.05, 4.69) is 35.9 Å². The molecule has 1 atom stereocenters. The molecule has 0 amide bonds. The molecule has 0 N–H and O–H groups in total. The van der Waals surface area contributed by atoms with Gasteiger partial charge in [0, 0.05) is 10.9 Å². The first-order chi connectivity index (χ1) is 12.7.